The first kappa shape index (κ1) is 15.3. The molecule has 0 saturated carbocycles. The van der Waals surface area contributed by atoms with Gasteiger partial charge in [0.2, 0.25) is 0 Å². The summed E-state index contributed by atoms with van der Waals surface area (Å²) in [5.41, 5.74) is 1.02. The minimum absolute atomic E-state index is 0.179. The number of aromatic nitrogens is 2. The van der Waals surface area contributed by atoms with Crippen LogP contribution in [-0.2, 0) is 17.8 Å². The molecule has 1 heterocycles. The maximum atomic E-state index is 13.1. The van der Waals surface area contributed by atoms with Crippen molar-refractivity contribution in [3.8, 4) is 0 Å². The molecule has 0 saturated heterocycles. The van der Waals surface area contributed by atoms with E-state index in [9.17, 15) is 8.78 Å². The molecule has 0 N–H and O–H groups in total. The molecule has 106 valence electrons. The summed E-state index contributed by atoms with van der Waals surface area (Å²) in [5.74, 6) is -0.907. The highest BCUT2D eigenvalue weighted by molar-refractivity contribution is 9.10. The van der Waals surface area contributed by atoms with Gasteiger partial charge in [0, 0.05) is 19.6 Å². The standard InChI is InChI=1S/C13H10BrClF2N2O/c1-20-6-10-12(14)13(15)19-11(18-10)4-7-2-8(16)5-9(17)3-7/h2-3,5H,4,6H2,1H3. The third-order valence-electron chi connectivity index (χ3n) is 2.49. The quantitative estimate of drug-likeness (QED) is 0.773. The Labute approximate surface area is 128 Å². The molecule has 2 aromatic rings. The van der Waals surface area contributed by atoms with Crippen LogP contribution >= 0.6 is 27.5 Å². The second-order valence-corrected chi connectivity index (χ2v) is 5.23. The summed E-state index contributed by atoms with van der Waals surface area (Å²) >= 11 is 9.25. The van der Waals surface area contributed by atoms with Crippen molar-refractivity contribution >= 4 is 27.5 Å². The molecule has 3 nitrogen and oxygen atoms in total. The molecule has 0 bridgehead atoms. The SMILES string of the molecule is COCc1nc(Cc2cc(F)cc(F)c2)nc(Cl)c1Br. The number of halogens is 4. The van der Waals surface area contributed by atoms with Gasteiger partial charge in [-0.3, -0.25) is 0 Å². The Morgan fingerprint density at radius 2 is 1.85 bits per heavy atom. The van der Waals surface area contributed by atoms with Crippen LogP contribution in [0.4, 0.5) is 8.78 Å². The summed E-state index contributed by atoms with van der Waals surface area (Å²) in [7, 11) is 1.53. The van der Waals surface area contributed by atoms with Gasteiger partial charge < -0.3 is 4.74 Å². The molecule has 0 atom stereocenters. The molecule has 0 spiro atoms. The first-order valence-corrected chi connectivity index (χ1v) is 6.81. The third-order valence-corrected chi connectivity index (χ3v) is 3.83. The zero-order valence-corrected chi connectivity index (χ0v) is 12.8. The Morgan fingerprint density at radius 3 is 2.45 bits per heavy atom. The van der Waals surface area contributed by atoms with Crippen LogP contribution in [0.25, 0.3) is 0 Å². The Bertz CT molecular complexity index is 620. The highest BCUT2D eigenvalue weighted by atomic mass is 79.9. The molecule has 0 fully saturated rings. The Hall–Kier alpha value is -1.11. The van der Waals surface area contributed by atoms with Gasteiger partial charge in [-0.15, -0.1) is 0 Å². The normalized spacial score (nSPS) is 10.8. The lowest BCUT2D eigenvalue weighted by molar-refractivity contribution is 0.180. The maximum Gasteiger partial charge on any atom is 0.147 e. The monoisotopic (exact) mass is 362 g/mol. The number of rotatable bonds is 4. The summed E-state index contributed by atoms with van der Waals surface area (Å²) in [6.45, 7) is 0.257. The summed E-state index contributed by atoms with van der Waals surface area (Å²) in [4.78, 5) is 8.34. The topological polar surface area (TPSA) is 35.0 Å². The number of nitrogens with zero attached hydrogens (tertiary/aromatic N) is 2. The Balaban J connectivity index is 2.33. The van der Waals surface area contributed by atoms with E-state index in [-0.39, 0.29) is 18.2 Å². The predicted molar refractivity (Wildman–Crippen MR) is 74.6 cm³/mol. The molecule has 1 aromatic heterocycles. The molecular formula is C13H10BrClF2N2O. The molecule has 0 aliphatic rings. The van der Waals surface area contributed by atoms with Crippen LogP contribution in [0.3, 0.4) is 0 Å². The zero-order valence-electron chi connectivity index (χ0n) is 10.5. The van der Waals surface area contributed by atoms with E-state index in [4.69, 9.17) is 16.3 Å². The lowest BCUT2D eigenvalue weighted by Gasteiger charge is -2.08. The number of methoxy groups -OCH3 is 1. The second-order valence-electron chi connectivity index (χ2n) is 4.08. The smallest absolute Gasteiger partial charge is 0.147 e. The van der Waals surface area contributed by atoms with Gasteiger partial charge in [0.05, 0.1) is 16.8 Å². The van der Waals surface area contributed by atoms with Crippen LogP contribution in [0.2, 0.25) is 5.15 Å². The van der Waals surface area contributed by atoms with Crippen molar-refractivity contribution in [1.82, 2.24) is 9.97 Å². The summed E-state index contributed by atoms with van der Waals surface area (Å²) in [6, 6.07) is 3.28. The minimum atomic E-state index is -0.639. The molecule has 0 aliphatic heterocycles. The van der Waals surface area contributed by atoms with E-state index in [1.54, 1.807) is 0 Å². The van der Waals surface area contributed by atoms with Gasteiger partial charge in [0.15, 0.2) is 0 Å². The fraction of sp³-hybridized carbons (Fsp3) is 0.231. The van der Waals surface area contributed by atoms with Crippen molar-refractivity contribution in [1.29, 1.82) is 0 Å². The highest BCUT2D eigenvalue weighted by Crippen LogP contribution is 2.24. The van der Waals surface area contributed by atoms with E-state index < -0.39 is 11.6 Å². The van der Waals surface area contributed by atoms with Gasteiger partial charge >= 0.3 is 0 Å². The second kappa shape index (κ2) is 6.56. The number of ether oxygens (including phenoxy) is 1. The summed E-state index contributed by atoms with van der Waals surface area (Å²) in [5, 5.41) is 0.235. The lowest BCUT2D eigenvalue weighted by atomic mass is 10.1. The van der Waals surface area contributed by atoms with Crippen molar-refractivity contribution in [2.45, 2.75) is 13.0 Å². The number of benzene rings is 1. The van der Waals surface area contributed by atoms with Crippen molar-refractivity contribution in [2.24, 2.45) is 0 Å². The van der Waals surface area contributed by atoms with Gasteiger partial charge in [-0.1, -0.05) is 11.6 Å². The van der Waals surface area contributed by atoms with Crippen LogP contribution in [-0.4, -0.2) is 17.1 Å². The van der Waals surface area contributed by atoms with Crippen molar-refractivity contribution in [3.05, 3.63) is 56.5 Å². The lowest BCUT2D eigenvalue weighted by Crippen LogP contribution is -2.04. The van der Waals surface area contributed by atoms with Gasteiger partial charge in [0.25, 0.3) is 0 Å². The Morgan fingerprint density at radius 1 is 1.20 bits per heavy atom. The van der Waals surface area contributed by atoms with Crippen molar-refractivity contribution in [3.63, 3.8) is 0 Å². The first-order chi connectivity index (χ1) is 9.49. The molecule has 7 heteroatoms. The summed E-state index contributed by atoms with van der Waals surface area (Å²) in [6.07, 6.45) is 0.179. The van der Waals surface area contributed by atoms with Crippen molar-refractivity contribution < 1.29 is 13.5 Å². The van der Waals surface area contributed by atoms with Gasteiger partial charge in [-0.2, -0.15) is 0 Å². The molecule has 20 heavy (non-hydrogen) atoms. The van der Waals surface area contributed by atoms with E-state index in [0.717, 1.165) is 6.07 Å². The minimum Gasteiger partial charge on any atom is -0.378 e. The first-order valence-electron chi connectivity index (χ1n) is 5.64. The van der Waals surface area contributed by atoms with Crippen LogP contribution < -0.4 is 0 Å². The largest absolute Gasteiger partial charge is 0.378 e. The number of hydrogen-bond acceptors (Lipinski definition) is 3. The fourth-order valence-corrected chi connectivity index (χ4v) is 2.22. The van der Waals surface area contributed by atoms with E-state index in [2.05, 4.69) is 25.9 Å². The average Bonchev–Trinajstić information content (AvgIpc) is 2.34. The van der Waals surface area contributed by atoms with E-state index in [1.165, 1.54) is 19.2 Å². The summed E-state index contributed by atoms with van der Waals surface area (Å²) < 4.78 is 31.8. The Kier molecular flexibility index (Phi) is 5.01. The zero-order chi connectivity index (χ0) is 14.7. The molecule has 2 rings (SSSR count). The fourth-order valence-electron chi connectivity index (χ4n) is 1.72. The van der Waals surface area contributed by atoms with E-state index in [0.29, 0.717) is 21.6 Å². The van der Waals surface area contributed by atoms with Gasteiger partial charge in [0.1, 0.15) is 22.6 Å². The molecule has 0 radical (unpaired) electrons. The van der Waals surface area contributed by atoms with Gasteiger partial charge in [-0.05, 0) is 33.6 Å². The maximum absolute atomic E-state index is 13.1. The van der Waals surface area contributed by atoms with Gasteiger partial charge in [-0.25, -0.2) is 18.7 Å². The van der Waals surface area contributed by atoms with Crippen LogP contribution in [0.5, 0.6) is 0 Å². The molecule has 0 amide bonds. The van der Waals surface area contributed by atoms with Crippen LogP contribution in [0, 0.1) is 11.6 Å². The van der Waals surface area contributed by atoms with E-state index >= 15 is 0 Å². The molecule has 0 unspecified atom stereocenters. The van der Waals surface area contributed by atoms with Crippen LogP contribution in [0.15, 0.2) is 22.7 Å². The predicted octanol–water partition coefficient (Wildman–Crippen LogP) is 3.91. The number of hydrogen-bond donors (Lipinski definition) is 0. The molecule has 0 aliphatic carbocycles. The van der Waals surface area contributed by atoms with Crippen molar-refractivity contribution in [2.75, 3.05) is 7.11 Å². The highest BCUT2D eigenvalue weighted by Gasteiger charge is 2.12. The third kappa shape index (κ3) is 3.71. The molecular weight excluding hydrogens is 354 g/mol. The van der Waals surface area contributed by atoms with Crippen LogP contribution in [0.1, 0.15) is 17.1 Å². The average molecular weight is 364 g/mol. The molecule has 1 aromatic carbocycles. The van der Waals surface area contributed by atoms with E-state index in [1.807, 2.05) is 0 Å².